The summed E-state index contributed by atoms with van der Waals surface area (Å²) < 4.78 is 0. The summed E-state index contributed by atoms with van der Waals surface area (Å²) in [6.45, 7) is 8.04. The highest BCUT2D eigenvalue weighted by molar-refractivity contribution is 5.49. The third kappa shape index (κ3) is 2.26. The smallest absolute Gasteiger partial charge is 0.0370 e. The molecule has 1 unspecified atom stereocenters. The maximum atomic E-state index is 3.74. The summed E-state index contributed by atoms with van der Waals surface area (Å²) >= 11 is 0. The number of benzene rings is 1. The van der Waals surface area contributed by atoms with Crippen molar-refractivity contribution in [1.29, 1.82) is 0 Å². The third-order valence-electron chi connectivity index (χ3n) is 4.59. The van der Waals surface area contributed by atoms with Crippen molar-refractivity contribution in [2.24, 2.45) is 5.92 Å². The minimum Gasteiger partial charge on any atom is -0.368 e. The molecule has 1 aliphatic carbocycles. The topological polar surface area (TPSA) is 15.3 Å². The van der Waals surface area contributed by atoms with Gasteiger partial charge in [-0.05, 0) is 49.8 Å². The Labute approximate surface area is 110 Å². The molecule has 2 heteroatoms. The molecule has 0 bridgehead atoms. The lowest BCUT2D eigenvalue weighted by molar-refractivity contribution is 0.285. The first-order chi connectivity index (χ1) is 8.71. The fraction of sp³-hybridized carbons (Fsp3) is 0.625. The van der Waals surface area contributed by atoms with Crippen LogP contribution in [0, 0.1) is 5.92 Å². The van der Waals surface area contributed by atoms with Gasteiger partial charge in [0.25, 0.3) is 0 Å². The molecule has 1 aromatic carbocycles. The van der Waals surface area contributed by atoms with Gasteiger partial charge in [0.2, 0.25) is 0 Å². The third-order valence-corrected chi connectivity index (χ3v) is 4.59. The Morgan fingerprint density at radius 1 is 1.39 bits per heavy atom. The highest BCUT2D eigenvalue weighted by Crippen LogP contribution is 2.41. The van der Waals surface area contributed by atoms with Crippen molar-refractivity contribution in [3.63, 3.8) is 0 Å². The molecule has 0 radical (unpaired) electrons. The molecule has 1 aromatic rings. The van der Waals surface area contributed by atoms with Crippen molar-refractivity contribution >= 4 is 5.69 Å². The largest absolute Gasteiger partial charge is 0.368 e. The number of piperazine rings is 1. The van der Waals surface area contributed by atoms with E-state index >= 15 is 0 Å². The van der Waals surface area contributed by atoms with Crippen LogP contribution in [-0.4, -0.2) is 25.2 Å². The average molecular weight is 244 g/mol. The zero-order valence-electron chi connectivity index (χ0n) is 11.6. The Morgan fingerprint density at radius 2 is 2.22 bits per heavy atom. The highest BCUT2D eigenvalue weighted by atomic mass is 15.2. The van der Waals surface area contributed by atoms with Gasteiger partial charge in [-0.1, -0.05) is 19.1 Å². The molecular weight excluding hydrogens is 220 g/mol. The van der Waals surface area contributed by atoms with Crippen LogP contribution in [-0.2, 0) is 6.42 Å². The summed E-state index contributed by atoms with van der Waals surface area (Å²) in [5.41, 5.74) is 3.18. The van der Waals surface area contributed by atoms with E-state index in [1.54, 1.807) is 0 Å². The summed E-state index contributed by atoms with van der Waals surface area (Å²) in [5, 5.41) is 3.74. The molecule has 1 saturated heterocycles. The molecule has 1 heterocycles. The second-order valence-corrected chi connectivity index (χ2v) is 6.06. The lowest BCUT2D eigenvalue weighted by atomic mass is 9.92. The lowest BCUT2D eigenvalue weighted by Crippen LogP contribution is -2.60. The van der Waals surface area contributed by atoms with E-state index in [0.29, 0.717) is 5.54 Å². The van der Waals surface area contributed by atoms with E-state index in [9.17, 15) is 0 Å². The van der Waals surface area contributed by atoms with Gasteiger partial charge in [0.1, 0.15) is 0 Å². The van der Waals surface area contributed by atoms with E-state index in [1.165, 1.54) is 24.1 Å². The van der Waals surface area contributed by atoms with Crippen molar-refractivity contribution in [3.05, 3.63) is 29.8 Å². The van der Waals surface area contributed by atoms with Gasteiger partial charge in [0.05, 0.1) is 0 Å². The van der Waals surface area contributed by atoms with Gasteiger partial charge in [-0.2, -0.15) is 0 Å². The van der Waals surface area contributed by atoms with Gasteiger partial charge in [0.15, 0.2) is 0 Å². The van der Waals surface area contributed by atoms with Crippen LogP contribution in [0.15, 0.2) is 24.3 Å². The van der Waals surface area contributed by atoms with E-state index < -0.39 is 0 Å². The summed E-state index contributed by atoms with van der Waals surface area (Å²) in [5.74, 6) is 0.898. The number of nitrogens with zero attached hydrogens (tertiary/aromatic N) is 1. The van der Waals surface area contributed by atoms with Gasteiger partial charge >= 0.3 is 0 Å². The molecule has 1 saturated carbocycles. The highest BCUT2D eigenvalue weighted by Gasteiger charge is 2.43. The van der Waals surface area contributed by atoms with Gasteiger partial charge in [0, 0.05) is 30.9 Å². The summed E-state index contributed by atoms with van der Waals surface area (Å²) in [7, 11) is 0. The van der Waals surface area contributed by atoms with Crippen LogP contribution < -0.4 is 10.2 Å². The van der Waals surface area contributed by atoms with E-state index in [4.69, 9.17) is 0 Å². The zero-order chi connectivity index (χ0) is 12.6. The Balaban J connectivity index is 1.78. The van der Waals surface area contributed by atoms with Crippen LogP contribution in [0.2, 0.25) is 0 Å². The van der Waals surface area contributed by atoms with Crippen LogP contribution in [0.25, 0.3) is 0 Å². The van der Waals surface area contributed by atoms with Gasteiger partial charge in [-0.3, -0.25) is 0 Å². The maximum absolute atomic E-state index is 3.74. The number of rotatable bonds is 3. The van der Waals surface area contributed by atoms with E-state index in [0.717, 1.165) is 32.0 Å². The quantitative estimate of drug-likeness (QED) is 0.879. The van der Waals surface area contributed by atoms with Crippen LogP contribution in [0.4, 0.5) is 5.69 Å². The van der Waals surface area contributed by atoms with Crippen LogP contribution in [0.5, 0.6) is 0 Å². The van der Waals surface area contributed by atoms with E-state index in [1.807, 2.05) is 0 Å². The molecule has 2 fully saturated rings. The second kappa shape index (κ2) is 4.58. The maximum Gasteiger partial charge on any atom is 0.0370 e. The number of nitrogens with one attached hydrogen (secondary N) is 1. The first-order valence-corrected chi connectivity index (χ1v) is 7.30. The minimum atomic E-state index is 0.334. The van der Waals surface area contributed by atoms with Crippen molar-refractivity contribution in [2.45, 2.75) is 38.6 Å². The summed E-state index contributed by atoms with van der Waals surface area (Å²) in [6.07, 6.45) is 3.94. The molecule has 1 atom stereocenters. The van der Waals surface area contributed by atoms with Crippen LogP contribution in [0.3, 0.4) is 0 Å². The van der Waals surface area contributed by atoms with Crippen LogP contribution >= 0.6 is 0 Å². The zero-order valence-corrected chi connectivity index (χ0v) is 11.6. The Kier molecular flexibility index (Phi) is 3.06. The molecule has 0 amide bonds. The molecule has 2 aliphatic rings. The monoisotopic (exact) mass is 244 g/mol. The Bertz CT molecular complexity index is 425. The van der Waals surface area contributed by atoms with E-state index in [-0.39, 0.29) is 0 Å². The Morgan fingerprint density at radius 3 is 2.94 bits per heavy atom. The summed E-state index contributed by atoms with van der Waals surface area (Å²) in [6, 6.07) is 9.05. The molecule has 1 aliphatic heterocycles. The standard InChI is InChI=1S/C16H24N2/c1-3-13-5-4-6-15(11-13)18-10-9-17-16(2,12-18)14-7-8-14/h4-6,11,14,17H,3,7-10,12H2,1-2H3. The number of hydrogen-bond acceptors (Lipinski definition) is 2. The SMILES string of the molecule is CCc1cccc(N2CCNC(C)(C3CC3)C2)c1. The molecule has 0 spiro atoms. The molecule has 98 valence electrons. The predicted molar refractivity (Wildman–Crippen MR) is 77.2 cm³/mol. The van der Waals surface area contributed by atoms with Gasteiger partial charge < -0.3 is 10.2 Å². The molecular formula is C16H24N2. The van der Waals surface area contributed by atoms with Crippen molar-refractivity contribution < 1.29 is 0 Å². The number of hydrogen-bond donors (Lipinski definition) is 1. The van der Waals surface area contributed by atoms with Crippen molar-refractivity contribution in [3.8, 4) is 0 Å². The minimum absolute atomic E-state index is 0.334. The molecule has 2 nitrogen and oxygen atoms in total. The molecule has 3 rings (SSSR count). The van der Waals surface area contributed by atoms with E-state index in [2.05, 4.69) is 48.3 Å². The van der Waals surface area contributed by atoms with Gasteiger partial charge in [-0.25, -0.2) is 0 Å². The second-order valence-electron chi connectivity index (χ2n) is 6.06. The number of anilines is 1. The summed E-state index contributed by atoms with van der Waals surface area (Å²) in [4.78, 5) is 2.56. The van der Waals surface area contributed by atoms with Crippen molar-refractivity contribution in [2.75, 3.05) is 24.5 Å². The van der Waals surface area contributed by atoms with Gasteiger partial charge in [-0.15, -0.1) is 0 Å². The normalized spacial score (nSPS) is 28.4. The lowest BCUT2D eigenvalue weighted by Gasteiger charge is -2.43. The fourth-order valence-electron chi connectivity index (χ4n) is 3.20. The number of aryl methyl sites for hydroxylation is 1. The Hall–Kier alpha value is -1.02. The first kappa shape index (κ1) is 12.0. The predicted octanol–water partition coefficient (Wildman–Crippen LogP) is 2.83. The molecule has 18 heavy (non-hydrogen) atoms. The van der Waals surface area contributed by atoms with Crippen molar-refractivity contribution in [1.82, 2.24) is 5.32 Å². The average Bonchev–Trinajstić information content (AvgIpc) is 3.24. The molecule has 1 N–H and O–H groups in total. The molecule has 0 aromatic heterocycles. The van der Waals surface area contributed by atoms with Crippen LogP contribution in [0.1, 0.15) is 32.3 Å². The fourth-order valence-corrected chi connectivity index (χ4v) is 3.20. The first-order valence-electron chi connectivity index (χ1n) is 7.30.